The normalized spacial score (nSPS) is 13.6. The first-order valence-electron chi connectivity index (χ1n) is 18.7. The summed E-state index contributed by atoms with van der Waals surface area (Å²) in [5, 5.41) is 2.58. The minimum absolute atomic E-state index is 0.0968. The zero-order valence-electron chi connectivity index (χ0n) is 34.7. The molecule has 284 valence electrons. The summed E-state index contributed by atoms with van der Waals surface area (Å²) in [5.41, 5.74) is 16.1. The van der Waals surface area contributed by atoms with Gasteiger partial charge in [0.2, 0.25) is 0 Å². The largest absolute Gasteiger partial charge is 0.273 e. The molecule has 0 spiro atoms. The molecular weight excluding hydrogens is 822 g/mol. The van der Waals surface area contributed by atoms with Crippen LogP contribution in [0.5, 0.6) is 0 Å². The Morgan fingerprint density at radius 3 is 1.44 bits per heavy atom. The summed E-state index contributed by atoms with van der Waals surface area (Å²) in [7, 11) is 0. The van der Waals surface area contributed by atoms with E-state index < -0.39 is 0 Å². The third-order valence-electron chi connectivity index (χ3n) is 9.98. The van der Waals surface area contributed by atoms with Gasteiger partial charge in [-0.2, -0.15) is 23.8 Å². The van der Waals surface area contributed by atoms with Crippen molar-refractivity contribution in [3.05, 3.63) is 149 Å². The summed E-state index contributed by atoms with van der Waals surface area (Å²) < 4.78 is 1.14. The van der Waals surface area contributed by atoms with E-state index in [1.807, 2.05) is 38.1 Å². The maximum atomic E-state index is 6.21. The molecule has 0 N–H and O–H groups in total. The van der Waals surface area contributed by atoms with Crippen LogP contribution in [-0.2, 0) is 52.3 Å². The van der Waals surface area contributed by atoms with Crippen molar-refractivity contribution in [3.8, 4) is 11.1 Å². The summed E-state index contributed by atoms with van der Waals surface area (Å²) in [5.74, 6) is 0. The molecule has 4 aromatic carbocycles. The summed E-state index contributed by atoms with van der Waals surface area (Å²) >= 11 is 25.9. The number of fused-ring (bicyclic) bond motifs is 3. The molecule has 0 heterocycles. The van der Waals surface area contributed by atoms with Gasteiger partial charge in [0.15, 0.2) is 0 Å². The maximum Gasteiger partial charge on any atom is -0.109 e. The number of rotatable bonds is 2. The quantitative estimate of drug-likeness (QED) is 0.155. The number of allylic oxidation sites excluding steroid dienone is 4. The van der Waals surface area contributed by atoms with Gasteiger partial charge in [-0.3, -0.25) is 6.08 Å². The van der Waals surface area contributed by atoms with Crippen molar-refractivity contribution in [3.63, 3.8) is 0 Å². The molecule has 0 radical (unpaired) electrons. The molecule has 54 heavy (non-hydrogen) atoms. The van der Waals surface area contributed by atoms with Gasteiger partial charge in [0.25, 0.3) is 0 Å². The van der Waals surface area contributed by atoms with Crippen LogP contribution in [0.3, 0.4) is 0 Å². The fourth-order valence-electron chi connectivity index (χ4n) is 6.92. The van der Waals surface area contributed by atoms with Gasteiger partial charge in [0, 0.05) is 0 Å². The van der Waals surface area contributed by atoms with Gasteiger partial charge >= 0.3 is 154 Å². The summed E-state index contributed by atoms with van der Waals surface area (Å²) in [6, 6.07) is 18.8. The number of benzene rings is 4. The van der Waals surface area contributed by atoms with Crippen molar-refractivity contribution in [2.75, 3.05) is 0 Å². The van der Waals surface area contributed by atoms with Crippen LogP contribution in [0.2, 0.25) is 20.1 Å². The zero-order chi connectivity index (χ0) is 40.7. The van der Waals surface area contributed by atoms with E-state index in [9.17, 15) is 0 Å². The van der Waals surface area contributed by atoms with E-state index in [-0.39, 0.29) is 21.7 Å². The maximum absolute atomic E-state index is 6.21. The Morgan fingerprint density at radius 2 is 1.06 bits per heavy atom. The van der Waals surface area contributed by atoms with Crippen molar-refractivity contribution < 1.29 is 24.2 Å². The molecule has 5 heteroatoms. The van der Waals surface area contributed by atoms with Gasteiger partial charge in [-0.05, 0) is 39.4 Å². The molecule has 0 saturated heterocycles. The van der Waals surface area contributed by atoms with Gasteiger partial charge in [-0.1, -0.05) is 106 Å². The van der Waals surface area contributed by atoms with Crippen molar-refractivity contribution in [2.45, 2.75) is 131 Å². The molecule has 2 aliphatic carbocycles. The van der Waals surface area contributed by atoms with Gasteiger partial charge < -0.3 is 0 Å². The second-order valence-corrected chi connectivity index (χ2v) is 21.6. The van der Waals surface area contributed by atoms with Crippen molar-refractivity contribution in [1.29, 1.82) is 0 Å². The van der Waals surface area contributed by atoms with E-state index in [1.54, 1.807) is 12.1 Å². The van der Waals surface area contributed by atoms with E-state index in [0.29, 0.717) is 20.1 Å². The number of halogens is 4. The Balaban J connectivity index is 0.000000223. The summed E-state index contributed by atoms with van der Waals surface area (Å²) in [6.07, 6.45) is 11.0. The smallest absolute Gasteiger partial charge is 0.109 e. The third-order valence-corrected chi connectivity index (χ3v) is 12.5. The van der Waals surface area contributed by atoms with Crippen molar-refractivity contribution in [1.82, 2.24) is 0 Å². The average molecular weight is 878 g/mol. The fourth-order valence-corrected chi connectivity index (χ4v) is 9.18. The van der Waals surface area contributed by atoms with E-state index in [4.69, 9.17) is 46.4 Å². The third kappa shape index (κ3) is 10.6. The van der Waals surface area contributed by atoms with E-state index in [2.05, 4.69) is 120 Å². The van der Waals surface area contributed by atoms with E-state index in [1.165, 1.54) is 68.7 Å². The molecular formula is C49H56Cl4Zr. The Kier molecular flexibility index (Phi) is 14.2. The molecule has 0 atom stereocenters. The van der Waals surface area contributed by atoms with Gasteiger partial charge in [-0.25, -0.2) is 12.2 Å². The van der Waals surface area contributed by atoms with Crippen LogP contribution in [0.1, 0.15) is 145 Å². The minimum atomic E-state index is 0.0968. The monoisotopic (exact) mass is 874 g/mol. The van der Waals surface area contributed by atoms with Crippen LogP contribution >= 0.6 is 46.4 Å². The van der Waals surface area contributed by atoms with E-state index >= 15 is 0 Å². The molecule has 0 saturated carbocycles. The minimum Gasteiger partial charge on any atom is -0.273 e. The average Bonchev–Trinajstić information content (AvgIpc) is 3.73. The molecule has 0 fully saturated rings. The van der Waals surface area contributed by atoms with Crippen molar-refractivity contribution >= 4 is 49.6 Å². The van der Waals surface area contributed by atoms with Gasteiger partial charge in [-0.15, -0.1) is 23.1 Å². The molecule has 0 amide bonds. The second-order valence-electron chi connectivity index (χ2n) is 18.7. The molecule has 6 rings (SSSR count). The molecule has 0 aromatic heterocycles. The number of hydrogen-bond donors (Lipinski definition) is 0. The predicted octanol–water partition coefficient (Wildman–Crippen LogP) is 15.6. The van der Waals surface area contributed by atoms with Crippen LogP contribution in [0.25, 0.3) is 11.1 Å². The Labute approximate surface area is 362 Å². The summed E-state index contributed by atoms with van der Waals surface area (Å²) in [4.78, 5) is 0. The van der Waals surface area contributed by atoms with Crippen molar-refractivity contribution in [2.24, 2.45) is 0 Å². The Morgan fingerprint density at radius 1 is 0.593 bits per heavy atom. The Bertz CT molecular complexity index is 1970. The first-order valence-corrected chi connectivity index (χ1v) is 21.5. The van der Waals surface area contributed by atoms with Crippen LogP contribution < -0.4 is 0 Å². The molecule has 2 aliphatic rings. The molecule has 0 aliphatic heterocycles. The Hall–Kier alpha value is -1.73. The van der Waals surface area contributed by atoms with E-state index in [0.717, 1.165) is 38.3 Å². The molecule has 0 bridgehead atoms. The van der Waals surface area contributed by atoms with Crippen LogP contribution in [0, 0.1) is 26.0 Å². The first kappa shape index (κ1) is 45.0. The zero-order valence-corrected chi connectivity index (χ0v) is 40.2. The standard InChI is InChI=1S/C29H41.C15H10Cl4.C5H5.Zr/c1-26(2,3)22-14-18-13-19-15-23(27(4,5)6)25(29(10,11)12)17-21(19)20(18)16-24(22)28(7,8)9;1-8-10(4-12(16)6-14(8)18)3-11-5-13(17)7-15(19)9(11)2;1-2-4-5-3-1;/h14,16-17H,13H2,1-12H3;4-7H,1-2H3;1-3H,4H2;/q-1;;-1;+2. The second kappa shape index (κ2) is 17.0. The van der Waals surface area contributed by atoms with Crippen LogP contribution in [0.15, 0.2) is 60.7 Å². The first-order chi connectivity index (χ1) is 24.7. The molecule has 0 nitrogen and oxygen atoms in total. The summed E-state index contributed by atoms with van der Waals surface area (Å²) in [6.45, 7) is 32.0. The fraction of sp³-hybridized carbons (Fsp3) is 0.408. The van der Waals surface area contributed by atoms with Gasteiger partial charge in [0.05, 0.1) is 0 Å². The number of hydrogen-bond acceptors (Lipinski definition) is 0. The van der Waals surface area contributed by atoms with Crippen LogP contribution in [0.4, 0.5) is 0 Å². The van der Waals surface area contributed by atoms with Crippen LogP contribution in [-0.4, -0.2) is 3.21 Å². The van der Waals surface area contributed by atoms with Gasteiger partial charge in [0.1, 0.15) is 0 Å². The SMILES string of the molecule is CC(C)(C)c1[c-]c2c(cc1C(C)(C)C)-c1cc(C(C)(C)C)c(C(C)(C)C)cc1C2.Cc1c(Cl)cc(Cl)cc1[C](=[Zr+2])c1cc(Cl)cc(Cl)c1C.[C-]1=CC=CC1. The topological polar surface area (TPSA) is 0 Å². The predicted molar refractivity (Wildman–Crippen MR) is 235 cm³/mol. The molecule has 4 aromatic rings. The molecule has 0 unspecified atom stereocenters.